The van der Waals surface area contributed by atoms with Crippen molar-refractivity contribution in [2.75, 3.05) is 45.9 Å². The third-order valence-electron chi connectivity index (χ3n) is 7.35. The lowest BCUT2D eigenvalue weighted by atomic mass is 9.91. The molecule has 2 aromatic rings. The number of carbonyl (C=O) groups is 2. The number of aliphatic hydroxyl groups excluding tert-OH is 1. The van der Waals surface area contributed by atoms with Crippen molar-refractivity contribution in [1.82, 2.24) is 24.3 Å². The monoisotopic (exact) mass is 579 g/mol. The van der Waals surface area contributed by atoms with Gasteiger partial charge in [0.1, 0.15) is 5.60 Å². The average Bonchev–Trinajstić information content (AvgIpc) is 3.28. The molecule has 2 aliphatic heterocycles. The number of morpholine rings is 1. The van der Waals surface area contributed by atoms with Crippen molar-refractivity contribution >= 4 is 23.0 Å². The van der Waals surface area contributed by atoms with Crippen molar-refractivity contribution in [2.45, 2.75) is 71.9 Å². The van der Waals surface area contributed by atoms with E-state index in [0.29, 0.717) is 50.3 Å². The maximum Gasteiger partial charge on any atom is 0.410 e. The van der Waals surface area contributed by atoms with Crippen molar-refractivity contribution in [3.05, 3.63) is 30.1 Å². The summed E-state index contributed by atoms with van der Waals surface area (Å²) < 4.78 is 39.8. The minimum atomic E-state index is -2.65. The Bertz CT molecular complexity index is 1190. The van der Waals surface area contributed by atoms with Gasteiger partial charge in [-0.25, -0.2) is 18.6 Å². The molecule has 2 fully saturated rings. The molecular weight excluding hydrogens is 536 g/mol. The molecule has 0 saturated carbocycles. The number of likely N-dealkylation sites (tertiary alicyclic amines) is 1. The normalized spacial score (nSPS) is 21.2. The minimum Gasteiger partial charge on any atom is -0.444 e. The Morgan fingerprint density at radius 1 is 1.15 bits per heavy atom. The molecule has 12 heteroatoms. The van der Waals surface area contributed by atoms with E-state index in [1.807, 2.05) is 13.8 Å². The highest BCUT2D eigenvalue weighted by Gasteiger charge is 2.42. The first kappa shape index (κ1) is 31.1. The SMILES string of the molecule is CC(C)CN(C(O)c1nc2ccccc2n1CC(F)F)[C@H]1C[C@@H](C(=O)N2CCOCC2)CN(C(=O)OC(C)(C)C)C1. The number of carbonyl (C=O) groups excluding carboxylic acids is 2. The van der Waals surface area contributed by atoms with Crippen LogP contribution in [0.1, 0.15) is 53.1 Å². The first-order valence-corrected chi connectivity index (χ1v) is 14.4. The van der Waals surface area contributed by atoms with E-state index in [9.17, 15) is 23.5 Å². The van der Waals surface area contributed by atoms with Gasteiger partial charge in [-0.3, -0.25) is 9.69 Å². The number of fused-ring (bicyclic) bond motifs is 1. The zero-order valence-corrected chi connectivity index (χ0v) is 24.6. The van der Waals surface area contributed by atoms with Gasteiger partial charge in [0, 0.05) is 38.8 Å². The average molecular weight is 580 g/mol. The van der Waals surface area contributed by atoms with E-state index in [0.717, 1.165) is 0 Å². The van der Waals surface area contributed by atoms with Gasteiger partial charge in [-0.05, 0) is 45.2 Å². The molecule has 41 heavy (non-hydrogen) atoms. The van der Waals surface area contributed by atoms with E-state index in [2.05, 4.69) is 4.98 Å². The molecule has 1 unspecified atom stereocenters. The second kappa shape index (κ2) is 13.0. The van der Waals surface area contributed by atoms with Crippen molar-refractivity contribution in [3.63, 3.8) is 0 Å². The number of aromatic nitrogens is 2. The summed E-state index contributed by atoms with van der Waals surface area (Å²) in [4.78, 5) is 36.5. The number of halogens is 2. The Kier molecular flexibility index (Phi) is 9.86. The summed E-state index contributed by atoms with van der Waals surface area (Å²) in [7, 11) is 0. The summed E-state index contributed by atoms with van der Waals surface area (Å²) in [5.41, 5.74) is 0.280. The van der Waals surface area contributed by atoms with Gasteiger partial charge in [0.25, 0.3) is 6.43 Å². The Hall–Kier alpha value is -2.83. The number of piperidine rings is 1. The fraction of sp³-hybridized carbons (Fsp3) is 0.690. The van der Waals surface area contributed by atoms with E-state index in [4.69, 9.17) is 9.47 Å². The number of ether oxygens (including phenoxy) is 2. The Morgan fingerprint density at radius 2 is 1.83 bits per heavy atom. The van der Waals surface area contributed by atoms with Crippen LogP contribution in [0.3, 0.4) is 0 Å². The smallest absolute Gasteiger partial charge is 0.410 e. The largest absolute Gasteiger partial charge is 0.444 e. The van der Waals surface area contributed by atoms with E-state index in [1.165, 1.54) is 9.47 Å². The number of alkyl halides is 2. The Morgan fingerprint density at radius 3 is 2.46 bits per heavy atom. The first-order chi connectivity index (χ1) is 19.3. The second-order valence-corrected chi connectivity index (χ2v) is 12.3. The highest BCUT2D eigenvalue weighted by molar-refractivity contribution is 5.80. The van der Waals surface area contributed by atoms with Gasteiger partial charge in [0.2, 0.25) is 5.91 Å². The molecule has 1 N–H and O–H groups in total. The summed E-state index contributed by atoms with van der Waals surface area (Å²) in [5, 5.41) is 11.8. The molecule has 3 heterocycles. The standard InChI is InChI=1S/C29H43F2N5O5/c1-19(2)15-35(27(38)25-32-22-8-6-7-9-23(22)36(25)18-24(30)31)21-14-20(26(37)33-10-12-40-13-11-33)16-34(17-21)28(39)41-29(3,4)5/h6-9,19-21,24,27,38H,10-18H2,1-5H3/t20-,21+,27?/m1/s1. The predicted molar refractivity (Wildman–Crippen MR) is 149 cm³/mol. The van der Waals surface area contributed by atoms with Crippen LogP contribution in [0.25, 0.3) is 11.0 Å². The fourth-order valence-electron chi connectivity index (χ4n) is 5.65. The Labute approximate surface area is 240 Å². The second-order valence-electron chi connectivity index (χ2n) is 12.3. The number of nitrogens with zero attached hydrogens (tertiary/aromatic N) is 5. The molecule has 1 aromatic carbocycles. The number of hydrogen-bond donors (Lipinski definition) is 1. The third-order valence-corrected chi connectivity index (χ3v) is 7.35. The van der Waals surface area contributed by atoms with E-state index < -0.39 is 42.9 Å². The molecule has 4 rings (SSSR count). The number of aliphatic hydroxyl groups is 1. The number of rotatable bonds is 8. The van der Waals surface area contributed by atoms with Crippen molar-refractivity contribution in [1.29, 1.82) is 0 Å². The van der Waals surface area contributed by atoms with Crippen LogP contribution in [-0.2, 0) is 20.8 Å². The maximum atomic E-state index is 13.7. The van der Waals surface area contributed by atoms with Crippen LogP contribution in [0.4, 0.5) is 13.6 Å². The molecule has 0 spiro atoms. The molecule has 2 aliphatic rings. The summed E-state index contributed by atoms with van der Waals surface area (Å²) in [5.74, 6) is -0.405. The molecular formula is C29H43F2N5O5. The highest BCUT2D eigenvalue weighted by atomic mass is 19.3. The summed E-state index contributed by atoms with van der Waals surface area (Å²) >= 11 is 0. The number of benzene rings is 1. The summed E-state index contributed by atoms with van der Waals surface area (Å²) in [6.07, 6.45) is -4.14. The molecule has 0 bridgehead atoms. The molecule has 10 nitrogen and oxygen atoms in total. The first-order valence-electron chi connectivity index (χ1n) is 14.4. The molecule has 228 valence electrons. The fourth-order valence-corrected chi connectivity index (χ4v) is 5.65. The number of para-hydroxylation sites is 2. The Balaban J connectivity index is 1.70. The van der Waals surface area contributed by atoms with Gasteiger partial charge in [-0.15, -0.1) is 0 Å². The summed E-state index contributed by atoms with van der Waals surface area (Å²) in [6, 6.07) is 6.49. The third kappa shape index (κ3) is 7.72. The van der Waals surface area contributed by atoms with Crippen molar-refractivity contribution in [2.24, 2.45) is 11.8 Å². The molecule has 2 amide bonds. The number of amides is 2. The van der Waals surface area contributed by atoms with Gasteiger partial charge in [-0.2, -0.15) is 0 Å². The van der Waals surface area contributed by atoms with Gasteiger partial charge < -0.3 is 28.9 Å². The van der Waals surface area contributed by atoms with Crippen LogP contribution in [0.5, 0.6) is 0 Å². The topological polar surface area (TPSA) is 100 Å². The van der Waals surface area contributed by atoms with E-state index in [-0.39, 0.29) is 30.7 Å². The van der Waals surface area contributed by atoms with Crippen LogP contribution in [0.2, 0.25) is 0 Å². The van der Waals surface area contributed by atoms with Crippen LogP contribution in [0.15, 0.2) is 24.3 Å². The lowest BCUT2D eigenvalue weighted by Crippen LogP contribution is -2.58. The minimum absolute atomic E-state index is 0.0736. The van der Waals surface area contributed by atoms with Crippen molar-refractivity contribution < 1.29 is 33.0 Å². The molecule has 0 aliphatic carbocycles. The molecule has 0 radical (unpaired) electrons. The number of imidazole rings is 1. The van der Waals surface area contributed by atoms with Crippen LogP contribution >= 0.6 is 0 Å². The molecule has 2 saturated heterocycles. The van der Waals surface area contributed by atoms with Gasteiger partial charge in [0.15, 0.2) is 12.1 Å². The van der Waals surface area contributed by atoms with Gasteiger partial charge in [-0.1, -0.05) is 26.0 Å². The zero-order valence-electron chi connectivity index (χ0n) is 24.6. The zero-order chi connectivity index (χ0) is 29.9. The molecule has 1 aromatic heterocycles. The highest BCUT2D eigenvalue weighted by Crippen LogP contribution is 2.32. The van der Waals surface area contributed by atoms with Crippen LogP contribution < -0.4 is 0 Å². The van der Waals surface area contributed by atoms with Crippen molar-refractivity contribution in [3.8, 4) is 0 Å². The van der Waals surface area contributed by atoms with Gasteiger partial charge >= 0.3 is 6.09 Å². The predicted octanol–water partition coefficient (Wildman–Crippen LogP) is 3.73. The lowest BCUT2D eigenvalue weighted by molar-refractivity contribution is -0.144. The van der Waals surface area contributed by atoms with E-state index >= 15 is 0 Å². The lowest BCUT2D eigenvalue weighted by Gasteiger charge is -2.45. The van der Waals surface area contributed by atoms with Crippen LogP contribution in [0, 0.1) is 11.8 Å². The quantitative estimate of drug-likeness (QED) is 0.476. The number of hydrogen-bond acceptors (Lipinski definition) is 7. The maximum absolute atomic E-state index is 13.7. The van der Waals surface area contributed by atoms with Gasteiger partial charge in [0.05, 0.1) is 36.7 Å². The molecule has 3 atom stereocenters. The van der Waals surface area contributed by atoms with E-state index in [1.54, 1.807) is 54.8 Å². The van der Waals surface area contributed by atoms with Crippen LogP contribution in [-0.4, -0.2) is 105 Å². The summed E-state index contributed by atoms with van der Waals surface area (Å²) in [6.45, 7) is 11.4.